The van der Waals surface area contributed by atoms with E-state index in [4.69, 9.17) is 4.74 Å². The molecule has 3 aromatic carbocycles. The van der Waals surface area contributed by atoms with E-state index in [2.05, 4.69) is 10.4 Å². The summed E-state index contributed by atoms with van der Waals surface area (Å²) in [6.07, 6.45) is 4.34. The van der Waals surface area contributed by atoms with Crippen molar-refractivity contribution < 1.29 is 19.4 Å². The number of hydrogen-bond donors (Lipinski definition) is 2. The third kappa shape index (κ3) is 4.56. The number of benzene rings is 3. The molecule has 2 saturated carbocycles. The Balaban J connectivity index is 1.21. The Morgan fingerprint density at radius 3 is 2.13 bits per heavy atom. The molecule has 0 bridgehead atoms. The highest BCUT2D eigenvalue weighted by Crippen LogP contribution is 2.48. The molecular weight excluding hydrogens is 478 g/mol. The zero-order chi connectivity index (χ0) is 26.3. The van der Waals surface area contributed by atoms with Gasteiger partial charge in [-0.3, -0.25) is 10.1 Å². The minimum absolute atomic E-state index is 0.281. The van der Waals surface area contributed by atoms with Crippen molar-refractivity contribution in [1.29, 1.82) is 0 Å². The lowest BCUT2D eigenvalue weighted by atomic mass is 9.93. The molecule has 0 spiro atoms. The molecule has 0 aliphatic heterocycles. The van der Waals surface area contributed by atoms with Crippen LogP contribution in [0.1, 0.15) is 55.9 Å². The van der Waals surface area contributed by atoms with Crippen molar-refractivity contribution in [3.63, 3.8) is 0 Å². The van der Waals surface area contributed by atoms with Crippen molar-refractivity contribution in [3.8, 4) is 22.3 Å². The second kappa shape index (κ2) is 9.49. The molecular formula is C31H29N3O4. The Hall–Kier alpha value is -4.39. The predicted octanol–water partition coefficient (Wildman–Crippen LogP) is 6.98. The van der Waals surface area contributed by atoms with Crippen molar-refractivity contribution in [2.75, 3.05) is 5.32 Å². The smallest absolute Gasteiger partial charge is 0.413 e. The Bertz CT molecular complexity index is 1470. The molecule has 2 aliphatic carbocycles. The highest BCUT2D eigenvalue weighted by atomic mass is 16.6. The lowest BCUT2D eigenvalue weighted by Gasteiger charge is -2.16. The number of amides is 1. The second-order valence-corrected chi connectivity index (χ2v) is 10.2. The number of anilines is 1. The van der Waals surface area contributed by atoms with Crippen molar-refractivity contribution in [2.45, 2.75) is 50.2 Å². The maximum absolute atomic E-state index is 12.8. The largest absolute Gasteiger partial charge is 0.481 e. The van der Waals surface area contributed by atoms with E-state index in [1.54, 1.807) is 6.20 Å². The SMILES string of the molecule is CC(OC(=O)Nc1c(-c2ccc(-c3ccc(C4(C(=O)O)CC4)cc3)cc2)cnn1C1CC1)c1ccccc1. The fraction of sp³-hybridized carbons (Fsp3) is 0.258. The van der Waals surface area contributed by atoms with Crippen LogP contribution in [0.25, 0.3) is 22.3 Å². The van der Waals surface area contributed by atoms with Crippen LogP contribution in [0, 0.1) is 0 Å². The number of hydrogen-bond acceptors (Lipinski definition) is 4. The number of nitrogens with zero attached hydrogens (tertiary/aromatic N) is 2. The summed E-state index contributed by atoms with van der Waals surface area (Å²) in [7, 11) is 0. The number of carboxylic acid groups (broad SMARTS) is 1. The fourth-order valence-electron chi connectivity index (χ4n) is 4.95. The van der Waals surface area contributed by atoms with Crippen LogP contribution < -0.4 is 5.32 Å². The number of rotatable bonds is 8. The molecule has 7 heteroatoms. The maximum Gasteiger partial charge on any atom is 0.413 e. The summed E-state index contributed by atoms with van der Waals surface area (Å²) < 4.78 is 7.54. The van der Waals surface area contributed by atoms with Crippen LogP contribution in [-0.4, -0.2) is 26.9 Å². The van der Waals surface area contributed by atoms with Crippen molar-refractivity contribution in [3.05, 3.63) is 96.2 Å². The highest BCUT2D eigenvalue weighted by molar-refractivity contribution is 5.90. The number of ether oxygens (including phenoxy) is 1. The normalized spacial score (nSPS) is 16.4. The van der Waals surface area contributed by atoms with Gasteiger partial charge in [0.25, 0.3) is 0 Å². The van der Waals surface area contributed by atoms with E-state index in [1.165, 1.54) is 0 Å². The van der Waals surface area contributed by atoms with Crippen LogP contribution in [0.5, 0.6) is 0 Å². The molecule has 2 N–H and O–H groups in total. The van der Waals surface area contributed by atoms with Crippen molar-refractivity contribution in [1.82, 2.24) is 9.78 Å². The quantitative estimate of drug-likeness (QED) is 0.268. The third-order valence-corrected chi connectivity index (χ3v) is 7.59. The first-order valence-electron chi connectivity index (χ1n) is 13.0. The first-order valence-corrected chi connectivity index (χ1v) is 13.0. The summed E-state index contributed by atoms with van der Waals surface area (Å²) in [6.45, 7) is 1.85. The van der Waals surface area contributed by atoms with Gasteiger partial charge in [0.2, 0.25) is 0 Å². The number of carboxylic acids is 1. The van der Waals surface area contributed by atoms with Gasteiger partial charge in [-0.2, -0.15) is 5.10 Å². The Labute approximate surface area is 221 Å². The van der Waals surface area contributed by atoms with E-state index in [-0.39, 0.29) is 12.1 Å². The van der Waals surface area contributed by atoms with Crippen LogP contribution in [-0.2, 0) is 14.9 Å². The zero-order valence-electron chi connectivity index (χ0n) is 21.1. The van der Waals surface area contributed by atoms with Gasteiger partial charge in [0, 0.05) is 5.56 Å². The Morgan fingerprint density at radius 1 is 0.947 bits per heavy atom. The first kappa shape index (κ1) is 24.0. The fourth-order valence-corrected chi connectivity index (χ4v) is 4.95. The summed E-state index contributed by atoms with van der Waals surface area (Å²) >= 11 is 0. The lowest BCUT2D eigenvalue weighted by Crippen LogP contribution is -2.19. The molecule has 2 fully saturated rings. The Morgan fingerprint density at radius 2 is 1.55 bits per heavy atom. The summed E-state index contributed by atoms with van der Waals surface area (Å²) in [5.74, 6) is -0.109. The molecule has 2 aliphatic rings. The number of nitrogens with one attached hydrogen (secondary N) is 1. The highest BCUT2D eigenvalue weighted by Gasteiger charge is 2.51. The standard InChI is InChI=1S/C31H29N3O4/c1-20(21-5-3-2-4-6-21)38-30(37)33-28-27(19-32-34(28)26-15-16-26)24-9-7-22(8-10-24)23-11-13-25(14-12-23)31(17-18-31)29(35)36/h2-14,19-20,26H,15-18H2,1H3,(H,33,37)(H,35,36). The predicted molar refractivity (Wildman–Crippen MR) is 145 cm³/mol. The summed E-state index contributed by atoms with van der Waals surface area (Å²) in [5.41, 5.74) is 4.91. The monoisotopic (exact) mass is 507 g/mol. The van der Waals surface area contributed by atoms with Gasteiger partial charge >= 0.3 is 12.1 Å². The number of carbonyl (C=O) groups excluding carboxylic acids is 1. The van der Waals surface area contributed by atoms with Gasteiger partial charge in [-0.15, -0.1) is 0 Å². The van der Waals surface area contributed by atoms with Crippen LogP contribution >= 0.6 is 0 Å². The molecule has 192 valence electrons. The summed E-state index contributed by atoms with van der Waals surface area (Å²) in [4.78, 5) is 24.5. The molecule has 1 amide bonds. The van der Waals surface area contributed by atoms with Gasteiger partial charge in [-0.1, -0.05) is 78.9 Å². The van der Waals surface area contributed by atoms with Gasteiger partial charge in [-0.25, -0.2) is 9.48 Å². The molecule has 1 atom stereocenters. The zero-order valence-corrected chi connectivity index (χ0v) is 21.1. The van der Waals surface area contributed by atoms with Gasteiger partial charge in [0.05, 0.1) is 17.7 Å². The maximum atomic E-state index is 12.8. The average Bonchev–Trinajstić information content (AvgIpc) is 3.87. The minimum atomic E-state index is -0.746. The minimum Gasteiger partial charge on any atom is -0.481 e. The molecule has 38 heavy (non-hydrogen) atoms. The van der Waals surface area contributed by atoms with Crippen molar-refractivity contribution in [2.24, 2.45) is 0 Å². The molecule has 7 nitrogen and oxygen atoms in total. The van der Waals surface area contributed by atoms with E-state index in [0.29, 0.717) is 18.7 Å². The van der Waals surface area contributed by atoms with Crippen LogP contribution in [0.4, 0.5) is 10.6 Å². The van der Waals surface area contributed by atoms with Gasteiger partial charge in [0.1, 0.15) is 11.9 Å². The molecule has 1 heterocycles. The molecule has 1 aromatic heterocycles. The average molecular weight is 508 g/mol. The van der Waals surface area contributed by atoms with Crippen molar-refractivity contribution >= 4 is 17.9 Å². The second-order valence-electron chi connectivity index (χ2n) is 10.2. The third-order valence-electron chi connectivity index (χ3n) is 7.59. The van der Waals surface area contributed by atoms with Crippen LogP contribution in [0.15, 0.2) is 85.1 Å². The summed E-state index contributed by atoms with van der Waals surface area (Å²) in [6, 6.07) is 25.8. The van der Waals surface area contributed by atoms with Crippen LogP contribution in [0.3, 0.4) is 0 Å². The van der Waals surface area contributed by atoms with Gasteiger partial charge in [0.15, 0.2) is 0 Å². The van der Waals surface area contributed by atoms with Crippen LogP contribution in [0.2, 0.25) is 0 Å². The molecule has 0 radical (unpaired) electrons. The molecule has 4 aromatic rings. The number of aromatic nitrogens is 2. The lowest BCUT2D eigenvalue weighted by molar-refractivity contribution is -0.140. The van der Waals surface area contributed by atoms with E-state index >= 15 is 0 Å². The number of carbonyl (C=O) groups is 2. The first-order chi connectivity index (χ1) is 18.4. The van der Waals surface area contributed by atoms with E-state index in [1.807, 2.05) is 90.5 Å². The topological polar surface area (TPSA) is 93.4 Å². The van der Waals surface area contributed by atoms with E-state index in [0.717, 1.165) is 46.2 Å². The van der Waals surface area contributed by atoms with Gasteiger partial charge in [-0.05, 0) is 60.4 Å². The molecule has 1 unspecified atom stereocenters. The van der Waals surface area contributed by atoms with E-state index < -0.39 is 17.5 Å². The number of aliphatic carboxylic acids is 1. The summed E-state index contributed by atoms with van der Waals surface area (Å²) in [5, 5.41) is 17.1. The molecule has 0 saturated heterocycles. The Kier molecular flexibility index (Phi) is 5.98. The van der Waals surface area contributed by atoms with E-state index in [9.17, 15) is 14.7 Å². The van der Waals surface area contributed by atoms with Gasteiger partial charge < -0.3 is 9.84 Å². The molecule has 6 rings (SSSR count).